The number of carbonyl (C=O) groups is 1. The zero-order valence-corrected chi connectivity index (χ0v) is 21.6. The van der Waals surface area contributed by atoms with Crippen LogP contribution in [0.2, 0.25) is 0 Å². The van der Waals surface area contributed by atoms with Gasteiger partial charge in [-0.1, -0.05) is 57.9 Å². The second-order valence-electron chi connectivity index (χ2n) is 10.9. The van der Waals surface area contributed by atoms with E-state index in [1.165, 1.54) is 69.9 Å². The van der Waals surface area contributed by atoms with E-state index in [2.05, 4.69) is 6.92 Å². The van der Waals surface area contributed by atoms with Gasteiger partial charge < -0.3 is 4.74 Å². The van der Waals surface area contributed by atoms with Crippen LogP contribution < -0.4 is 4.74 Å². The lowest BCUT2D eigenvalue weighted by molar-refractivity contribution is 0.0733. The van der Waals surface area contributed by atoms with Gasteiger partial charge in [-0.3, -0.25) is 0 Å². The molecule has 0 amide bonds. The van der Waals surface area contributed by atoms with Gasteiger partial charge in [0, 0.05) is 12.1 Å². The van der Waals surface area contributed by atoms with E-state index in [-0.39, 0.29) is 17.2 Å². The number of hydrogen-bond donors (Lipinski definition) is 0. The van der Waals surface area contributed by atoms with Crippen LogP contribution in [0.1, 0.15) is 111 Å². The van der Waals surface area contributed by atoms with Gasteiger partial charge in [0.05, 0.1) is 5.56 Å². The summed E-state index contributed by atoms with van der Waals surface area (Å²) < 4.78 is 47.8. The van der Waals surface area contributed by atoms with E-state index in [1.54, 1.807) is 6.07 Å². The third-order valence-electron chi connectivity index (χ3n) is 8.45. The summed E-state index contributed by atoms with van der Waals surface area (Å²) in [6.45, 7) is 2.25. The van der Waals surface area contributed by atoms with Gasteiger partial charge in [-0.25, -0.2) is 18.0 Å². The van der Waals surface area contributed by atoms with Gasteiger partial charge in [0.25, 0.3) is 0 Å². The Morgan fingerprint density at radius 3 is 2.32 bits per heavy atom. The number of nitrogens with zero attached hydrogens (tertiary/aromatic N) is 1. The van der Waals surface area contributed by atoms with E-state index in [0.29, 0.717) is 11.5 Å². The molecule has 6 heteroatoms. The Labute approximate surface area is 218 Å². The fraction of sp³-hybridized carbons (Fsp3) is 0.548. The van der Waals surface area contributed by atoms with Gasteiger partial charge in [0.1, 0.15) is 34.8 Å². The molecule has 0 spiro atoms. The summed E-state index contributed by atoms with van der Waals surface area (Å²) in [5, 5.41) is 8.77. The summed E-state index contributed by atoms with van der Waals surface area (Å²) in [7, 11) is 0. The molecule has 2 fully saturated rings. The fourth-order valence-electron chi connectivity index (χ4n) is 6.43. The van der Waals surface area contributed by atoms with Crippen molar-refractivity contribution in [2.75, 3.05) is 0 Å². The molecule has 4 atom stereocenters. The van der Waals surface area contributed by atoms with E-state index < -0.39 is 29.0 Å². The molecule has 2 aliphatic rings. The minimum Gasteiger partial charge on any atom is -0.423 e. The normalized spacial score (nSPS) is 23.2. The quantitative estimate of drug-likeness (QED) is 0.192. The van der Waals surface area contributed by atoms with Gasteiger partial charge in [-0.05, 0) is 73.5 Å². The first-order chi connectivity index (χ1) is 17.9. The first-order valence-electron chi connectivity index (χ1n) is 13.8. The zero-order chi connectivity index (χ0) is 26.4. The summed E-state index contributed by atoms with van der Waals surface area (Å²) in [4.78, 5) is 12.5. The Kier molecular flexibility index (Phi) is 9.29. The van der Waals surface area contributed by atoms with Crippen LogP contribution in [0.5, 0.6) is 5.75 Å². The zero-order valence-electron chi connectivity index (χ0n) is 21.6. The molecule has 4 rings (SSSR count). The molecule has 198 valence electrons. The van der Waals surface area contributed by atoms with E-state index in [4.69, 9.17) is 10.00 Å². The van der Waals surface area contributed by atoms with E-state index in [1.807, 2.05) is 0 Å². The smallest absolute Gasteiger partial charge is 0.343 e. The van der Waals surface area contributed by atoms with Gasteiger partial charge in [-0.15, -0.1) is 0 Å². The maximum absolute atomic E-state index is 15.1. The molecule has 2 aliphatic carbocycles. The number of ether oxygens (including phenoxy) is 1. The van der Waals surface area contributed by atoms with E-state index in [0.717, 1.165) is 49.3 Å². The second kappa shape index (κ2) is 12.6. The monoisotopic (exact) mass is 511 g/mol. The van der Waals surface area contributed by atoms with Crippen LogP contribution in [-0.4, -0.2) is 5.97 Å². The average molecular weight is 512 g/mol. The van der Waals surface area contributed by atoms with Gasteiger partial charge in [0.15, 0.2) is 0 Å². The average Bonchev–Trinajstić information content (AvgIpc) is 2.88. The van der Waals surface area contributed by atoms with Crippen molar-refractivity contribution < 1.29 is 22.7 Å². The van der Waals surface area contributed by atoms with Crippen LogP contribution in [0.4, 0.5) is 13.2 Å². The van der Waals surface area contributed by atoms with Crippen LogP contribution in [0.25, 0.3) is 0 Å². The number of fused-ring (bicyclic) bond motifs is 1. The number of nitriles is 1. The van der Waals surface area contributed by atoms with E-state index in [9.17, 15) is 13.6 Å². The third kappa shape index (κ3) is 6.74. The van der Waals surface area contributed by atoms with Crippen molar-refractivity contribution in [3.63, 3.8) is 0 Å². The lowest BCUT2D eigenvalue weighted by Gasteiger charge is -2.42. The predicted octanol–water partition coefficient (Wildman–Crippen LogP) is 8.86. The summed E-state index contributed by atoms with van der Waals surface area (Å²) in [6.07, 6.45) is 14.9. The van der Waals surface area contributed by atoms with Crippen molar-refractivity contribution in [3.05, 3.63) is 64.5 Å². The van der Waals surface area contributed by atoms with Crippen LogP contribution >= 0.6 is 0 Å². The van der Waals surface area contributed by atoms with Crippen molar-refractivity contribution in [1.82, 2.24) is 0 Å². The maximum atomic E-state index is 15.1. The van der Waals surface area contributed by atoms with Crippen LogP contribution in [0.3, 0.4) is 0 Å². The van der Waals surface area contributed by atoms with Crippen LogP contribution in [0, 0.1) is 46.5 Å². The SMILES string of the molecule is CCCCCCC[C@H]1CC[C@@H]2CC(c3ccc(C(=O)Oc4cc(F)c(C#N)c(F)c4)cc3F)CC[C@H]2C1. The first kappa shape index (κ1) is 27.2. The van der Waals surface area contributed by atoms with Gasteiger partial charge in [-0.2, -0.15) is 5.26 Å². The summed E-state index contributed by atoms with van der Waals surface area (Å²) in [5.74, 6) is -1.61. The molecule has 0 aliphatic heterocycles. The minimum absolute atomic E-state index is 0.0282. The molecule has 0 heterocycles. The minimum atomic E-state index is -1.12. The Hall–Kier alpha value is -2.81. The Morgan fingerprint density at radius 2 is 1.62 bits per heavy atom. The number of hydrogen-bond acceptors (Lipinski definition) is 3. The lowest BCUT2D eigenvalue weighted by atomic mass is 9.63. The molecule has 1 unspecified atom stereocenters. The summed E-state index contributed by atoms with van der Waals surface area (Å²) >= 11 is 0. The lowest BCUT2D eigenvalue weighted by Crippen LogP contribution is -2.30. The highest BCUT2D eigenvalue weighted by Crippen LogP contribution is 2.48. The summed E-state index contributed by atoms with van der Waals surface area (Å²) in [6, 6.07) is 7.26. The molecule has 0 bridgehead atoms. The molecule has 37 heavy (non-hydrogen) atoms. The van der Waals surface area contributed by atoms with Crippen LogP contribution in [-0.2, 0) is 0 Å². The third-order valence-corrected chi connectivity index (χ3v) is 8.45. The second-order valence-corrected chi connectivity index (χ2v) is 10.9. The topological polar surface area (TPSA) is 50.1 Å². The van der Waals surface area contributed by atoms with Crippen molar-refractivity contribution in [3.8, 4) is 11.8 Å². The maximum Gasteiger partial charge on any atom is 0.343 e. The predicted molar refractivity (Wildman–Crippen MR) is 137 cm³/mol. The van der Waals surface area contributed by atoms with Crippen LogP contribution in [0.15, 0.2) is 30.3 Å². The molecule has 0 radical (unpaired) electrons. The van der Waals surface area contributed by atoms with E-state index >= 15 is 4.39 Å². The first-order valence-corrected chi connectivity index (χ1v) is 13.8. The molecule has 2 aromatic rings. The van der Waals surface area contributed by atoms with Gasteiger partial charge >= 0.3 is 5.97 Å². The molecule has 3 nitrogen and oxygen atoms in total. The van der Waals surface area contributed by atoms with Crippen molar-refractivity contribution in [1.29, 1.82) is 5.26 Å². The highest BCUT2D eigenvalue weighted by molar-refractivity contribution is 5.91. The van der Waals surface area contributed by atoms with Gasteiger partial charge in [0.2, 0.25) is 0 Å². The standard InChI is InChI=1S/C31H36F3NO2/c1-2-3-4-5-6-7-20-8-9-22-15-23(11-10-21(22)14-20)26-13-12-24(16-28(26)32)31(36)37-25-17-29(33)27(19-35)30(34)18-25/h12-13,16-18,20-23H,2-11,14-15H2,1H3/t20-,21-,22+,23?/m0/s1. The molecule has 2 aromatic carbocycles. The highest BCUT2D eigenvalue weighted by Gasteiger charge is 2.36. The number of unbranched alkanes of at least 4 members (excludes halogenated alkanes) is 4. The Balaban J connectivity index is 1.32. The summed E-state index contributed by atoms with van der Waals surface area (Å²) in [5.41, 5.74) is -0.149. The highest BCUT2D eigenvalue weighted by atomic mass is 19.1. The largest absolute Gasteiger partial charge is 0.423 e. The van der Waals surface area contributed by atoms with Crippen molar-refractivity contribution >= 4 is 5.97 Å². The number of esters is 1. The Bertz CT molecular complexity index is 1120. The molecule has 0 N–H and O–H groups in total. The fourth-order valence-corrected chi connectivity index (χ4v) is 6.43. The number of benzene rings is 2. The number of carbonyl (C=O) groups excluding carboxylic acids is 1. The van der Waals surface area contributed by atoms with Crippen molar-refractivity contribution in [2.24, 2.45) is 17.8 Å². The van der Waals surface area contributed by atoms with Crippen molar-refractivity contribution in [2.45, 2.75) is 89.9 Å². The number of halogens is 3. The molecule has 2 saturated carbocycles. The molecular weight excluding hydrogens is 475 g/mol. The molecule has 0 saturated heterocycles. The Morgan fingerprint density at radius 1 is 0.919 bits per heavy atom. The molecule has 0 aromatic heterocycles. The number of rotatable bonds is 9. The molecular formula is C31H36F3NO2.